The highest BCUT2D eigenvalue weighted by Gasteiger charge is 2.18. The van der Waals surface area contributed by atoms with Gasteiger partial charge in [-0.05, 0) is 34.1 Å². The first-order chi connectivity index (χ1) is 6.66. The number of nitrogens with zero attached hydrogens (tertiary/aromatic N) is 1. The van der Waals surface area contributed by atoms with Crippen LogP contribution in [0.5, 0.6) is 0 Å². The molecule has 0 radical (unpaired) electrons. The zero-order valence-corrected chi connectivity index (χ0v) is 10.6. The fourth-order valence-electron chi connectivity index (χ4n) is 1.30. The summed E-state index contributed by atoms with van der Waals surface area (Å²) in [5, 5.41) is 12.9. The molecule has 0 fully saturated rings. The van der Waals surface area contributed by atoms with Crippen LogP contribution in [0.3, 0.4) is 0 Å². The molecule has 0 spiro atoms. The molecule has 4 heteroatoms. The minimum Gasteiger partial charge on any atom is -0.388 e. The van der Waals surface area contributed by atoms with Crippen molar-refractivity contribution in [2.24, 2.45) is 10.7 Å². The Bertz CT molecular complexity index is 216. The van der Waals surface area contributed by atoms with Crippen molar-refractivity contribution >= 4 is 5.96 Å². The van der Waals surface area contributed by atoms with Crippen LogP contribution < -0.4 is 11.1 Å². The molecule has 0 aliphatic rings. The number of rotatable bonds is 4. The Morgan fingerprint density at radius 1 is 1.33 bits per heavy atom. The van der Waals surface area contributed by atoms with E-state index < -0.39 is 5.60 Å². The van der Waals surface area contributed by atoms with Gasteiger partial charge in [-0.3, -0.25) is 4.99 Å². The molecule has 0 heterocycles. The summed E-state index contributed by atoms with van der Waals surface area (Å²) in [5.41, 5.74) is 4.85. The number of nitrogens with two attached hydrogens (primary N) is 1. The monoisotopic (exact) mass is 215 g/mol. The molecule has 0 saturated heterocycles. The fraction of sp³-hybridized carbons (Fsp3) is 0.909. The van der Waals surface area contributed by atoms with Gasteiger partial charge in [0.05, 0.1) is 12.1 Å². The number of hydrogen-bond acceptors (Lipinski definition) is 2. The van der Waals surface area contributed by atoms with Crippen LogP contribution in [0.1, 0.15) is 47.5 Å². The molecule has 1 atom stereocenters. The van der Waals surface area contributed by atoms with E-state index in [-0.39, 0.29) is 5.54 Å². The Labute approximate surface area is 93.0 Å². The van der Waals surface area contributed by atoms with Gasteiger partial charge in [-0.2, -0.15) is 0 Å². The fourth-order valence-corrected chi connectivity index (χ4v) is 1.30. The van der Waals surface area contributed by atoms with Crippen LogP contribution in [0, 0.1) is 0 Å². The molecule has 90 valence electrons. The zero-order valence-electron chi connectivity index (χ0n) is 10.6. The van der Waals surface area contributed by atoms with Crippen molar-refractivity contribution in [1.29, 1.82) is 0 Å². The Morgan fingerprint density at radius 2 is 1.87 bits per heavy atom. The Morgan fingerprint density at radius 3 is 2.27 bits per heavy atom. The molecule has 0 saturated carbocycles. The molecule has 0 bridgehead atoms. The maximum absolute atomic E-state index is 9.87. The van der Waals surface area contributed by atoms with Gasteiger partial charge in [-0.15, -0.1) is 0 Å². The largest absolute Gasteiger partial charge is 0.388 e. The number of aliphatic imine (C=N–C) groups is 1. The number of aliphatic hydroxyl groups is 1. The lowest BCUT2D eigenvalue weighted by Gasteiger charge is -2.23. The summed E-state index contributed by atoms with van der Waals surface area (Å²) >= 11 is 0. The van der Waals surface area contributed by atoms with Crippen LogP contribution in [0.4, 0.5) is 0 Å². The van der Waals surface area contributed by atoms with E-state index >= 15 is 0 Å². The lowest BCUT2D eigenvalue weighted by molar-refractivity contribution is 0.0596. The Balaban J connectivity index is 4.16. The molecule has 4 N–H and O–H groups in total. The zero-order chi connectivity index (χ0) is 12.1. The lowest BCUT2D eigenvalue weighted by Crippen LogP contribution is -2.45. The first-order valence-electron chi connectivity index (χ1n) is 5.47. The number of nitrogens with one attached hydrogen (secondary N) is 1. The number of hydrogen-bond donors (Lipinski definition) is 3. The quantitative estimate of drug-likeness (QED) is 0.488. The minimum absolute atomic E-state index is 0.0931. The molecule has 0 aromatic heterocycles. The molecular weight excluding hydrogens is 190 g/mol. The summed E-state index contributed by atoms with van der Waals surface area (Å²) in [6.07, 6.45) is 1.68. The van der Waals surface area contributed by atoms with Crippen LogP contribution in [-0.4, -0.2) is 28.8 Å². The Kier molecular flexibility index (Phi) is 5.08. The van der Waals surface area contributed by atoms with Gasteiger partial charge in [0, 0.05) is 5.54 Å². The summed E-state index contributed by atoms with van der Waals surface area (Å²) in [6, 6.07) is 0. The van der Waals surface area contributed by atoms with E-state index in [0.717, 1.165) is 12.8 Å². The van der Waals surface area contributed by atoms with Gasteiger partial charge in [0.2, 0.25) is 0 Å². The summed E-state index contributed by atoms with van der Waals surface area (Å²) in [5.74, 6) is 0.388. The third kappa shape index (κ3) is 8.24. The third-order valence-corrected chi connectivity index (χ3v) is 1.88. The topological polar surface area (TPSA) is 70.6 Å². The van der Waals surface area contributed by atoms with Crippen LogP contribution >= 0.6 is 0 Å². The van der Waals surface area contributed by atoms with E-state index in [1.165, 1.54) is 0 Å². The van der Waals surface area contributed by atoms with Crippen LogP contribution in [0.2, 0.25) is 0 Å². The summed E-state index contributed by atoms with van der Waals surface area (Å²) in [4.78, 5) is 4.13. The van der Waals surface area contributed by atoms with Crippen LogP contribution in [-0.2, 0) is 0 Å². The van der Waals surface area contributed by atoms with E-state index in [9.17, 15) is 5.11 Å². The minimum atomic E-state index is -0.751. The van der Waals surface area contributed by atoms with Crippen molar-refractivity contribution in [3.63, 3.8) is 0 Å². The first-order valence-corrected chi connectivity index (χ1v) is 5.47. The van der Waals surface area contributed by atoms with Gasteiger partial charge >= 0.3 is 0 Å². The standard InChI is InChI=1S/C11H25N3O/c1-6-7-11(5,15)8-13-9(12)14-10(2,3)4/h15H,6-8H2,1-5H3,(H3,12,13,14). The highest BCUT2D eigenvalue weighted by Crippen LogP contribution is 2.11. The van der Waals surface area contributed by atoms with Crippen molar-refractivity contribution in [2.75, 3.05) is 6.54 Å². The third-order valence-electron chi connectivity index (χ3n) is 1.88. The summed E-state index contributed by atoms with van der Waals surface area (Å²) in [6.45, 7) is 10.2. The van der Waals surface area contributed by atoms with E-state index in [1.807, 2.05) is 27.7 Å². The van der Waals surface area contributed by atoms with Gasteiger partial charge < -0.3 is 16.2 Å². The maximum Gasteiger partial charge on any atom is 0.189 e. The smallest absolute Gasteiger partial charge is 0.189 e. The van der Waals surface area contributed by atoms with Crippen molar-refractivity contribution in [2.45, 2.75) is 58.6 Å². The molecule has 15 heavy (non-hydrogen) atoms. The van der Waals surface area contributed by atoms with Crippen LogP contribution in [0.15, 0.2) is 4.99 Å². The Hall–Kier alpha value is -0.770. The van der Waals surface area contributed by atoms with Crippen molar-refractivity contribution in [1.82, 2.24) is 5.32 Å². The lowest BCUT2D eigenvalue weighted by atomic mass is 10.0. The van der Waals surface area contributed by atoms with E-state index in [0.29, 0.717) is 12.5 Å². The SMILES string of the molecule is CCCC(C)(O)CN=C(N)NC(C)(C)C. The molecule has 0 rings (SSSR count). The molecule has 0 aromatic carbocycles. The second-order valence-corrected chi connectivity index (χ2v) is 5.32. The predicted molar refractivity (Wildman–Crippen MR) is 64.9 cm³/mol. The highest BCUT2D eigenvalue weighted by atomic mass is 16.3. The van der Waals surface area contributed by atoms with Gasteiger partial charge in [0.25, 0.3) is 0 Å². The molecule has 0 aliphatic carbocycles. The maximum atomic E-state index is 9.87. The molecule has 0 aliphatic heterocycles. The molecular formula is C11H25N3O. The number of guanidine groups is 1. The second kappa shape index (κ2) is 5.35. The van der Waals surface area contributed by atoms with E-state index in [2.05, 4.69) is 10.3 Å². The van der Waals surface area contributed by atoms with Gasteiger partial charge in [0.15, 0.2) is 5.96 Å². The highest BCUT2D eigenvalue weighted by molar-refractivity contribution is 5.78. The predicted octanol–water partition coefficient (Wildman–Crippen LogP) is 1.24. The van der Waals surface area contributed by atoms with Crippen molar-refractivity contribution in [3.05, 3.63) is 0 Å². The average Bonchev–Trinajstić information content (AvgIpc) is 1.98. The summed E-state index contributed by atoms with van der Waals surface area (Å²) in [7, 11) is 0. The molecule has 0 aromatic rings. The normalized spacial score (nSPS) is 17.3. The van der Waals surface area contributed by atoms with Gasteiger partial charge in [0.1, 0.15) is 0 Å². The van der Waals surface area contributed by atoms with E-state index in [4.69, 9.17) is 5.73 Å². The van der Waals surface area contributed by atoms with Gasteiger partial charge in [-0.1, -0.05) is 13.3 Å². The first kappa shape index (κ1) is 14.2. The summed E-state index contributed by atoms with van der Waals surface area (Å²) < 4.78 is 0. The van der Waals surface area contributed by atoms with Crippen molar-refractivity contribution in [3.8, 4) is 0 Å². The van der Waals surface area contributed by atoms with Crippen LogP contribution in [0.25, 0.3) is 0 Å². The average molecular weight is 215 g/mol. The molecule has 4 nitrogen and oxygen atoms in total. The second-order valence-electron chi connectivity index (χ2n) is 5.32. The van der Waals surface area contributed by atoms with Crippen molar-refractivity contribution < 1.29 is 5.11 Å². The van der Waals surface area contributed by atoms with E-state index in [1.54, 1.807) is 6.92 Å². The molecule has 1 unspecified atom stereocenters. The van der Waals surface area contributed by atoms with Gasteiger partial charge in [-0.25, -0.2) is 0 Å². The molecule has 0 amide bonds.